The van der Waals surface area contributed by atoms with E-state index in [-0.39, 0.29) is 0 Å². The van der Waals surface area contributed by atoms with E-state index >= 15 is 0 Å². The van der Waals surface area contributed by atoms with E-state index in [2.05, 4.69) is 26.0 Å². The Morgan fingerprint density at radius 3 is 2.82 bits per heavy atom. The molecule has 1 rings (SSSR count). The highest BCUT2D eigenvalue weighted by Crippen LogP contribution is 2.19. The van der Waals surface area contributed by atoms with E-state index in [0.29, 0.717) is 17.5 Å². The maximum atomic E-state index is 7.39. The Morgan fingerprint density at radius 1 is 1.45 bits per heavy atom. The molecule has 1 unspecified atom stereocenters. The summed E-state index contributed by atoms with van der Waals surface area (Å²) in [7, 11) is 0. The van der Waals surface area contributed by atoms with Crippen LogP contribution in [0.25, 0.3) is 0 Å². The maximum absolute atomic E-state index is 7.39. The lowest BCUT2D eigenvalue weighted by molar-refractivity contribution is 0.471. The van der Waals surface area contributed by atoms with Gasteiger partial charge in [-0.3, -0.25) is 0 Å². The Balaban J connectivity index is 2.66. The molecule has 11 heavy (non-hydrogen) atoms. The zero-order chi connectivity index (χ0) is 8.27. The maximum Gasteiger partial charge on any atom is 0.0533 e. The molecule has 0 amide bonds. The van der Waals surface area contributed by atoms with Crippen molar-refractivity contribution in [3.8, 4) is 0 Å². The first-order chi connectivity index (χ1) is 5.20. The molecule has 1 aliphatic rings. The summed E-state index contributed by atoms with van der Waals surface area (Å²) in [5.74, 6) is 1.30. The molecule has 0 bridgehead atoms. The number of allylic oxidation sites excluding steroid dienone is 4. The van der Waals surface area contributed by atoms with Crippen molar-refractivity contribution in [3.05, 3.63) is 24.3 Å². The molecule has 0 aliphatic heterocycles. The highest BCUT2D eigenvalue weighted by atomic mass is 14.4. The Morgan fingerprint density at radius 2 is 2.18 bits per heavy atom. The van der Waals surface area contributed by atoms with Gasteiger partial charge in [-0.1, -0.05) is 26.0 Å². The van der Waals surface area contributed by atoms with Gasteiger partial charge in [0, 0.05) is 0 Å². The lowest BCUT2D eigenvalue weighted by atomic mass is 9.93. The average molecular weight is 149 g/mol. The molecule has 60 valence electrons. The van der Waals surface area contributed by atoms with Gasteiger partial charge < -0.3 is 5.41 Å². The van der Waals surface area contributed by atoms with Crippen molar-refractivity contribution in [1.82, 2.24) is 0 Å². The van der Waals surface area contributed by atoms with Gasteiger partial charge in [0.1, 0.15) is 0 Å². The Labute approximate surface area is 68.3 Å². The topological polar surface area (TPSA) is 23.9 Å². The quantitative estimate of drug-likeness (QED) is 0.592. The van der Waals surface area contributed by atoms with Crippen LogP contribution in [-0.4, -0.2) is 5.71 Å². The molecule has 0 aromatic carbocycles. The molecular weight excluding hydrogens is 134 g/mol. The normalized spacial score (nSPS) is 24.3. The molecule has 0 heterocycles. The Bertz CT molecular complexity index is 199. The SMILES string of the molecule is CC(C)C1C=CC(=N)C=CC1. The van der Waals surface area contributed by atoms with Crippen molar-refractivity contribution in [2.45, 2.75) is 20.3 Å². The summed E-state index contributed by atoms with van der Waals surface area (Å²) in [5, 5.41) is 7.39. The highest BCUT2D eigenvalue weighted by molar-refractivity contribution is 6.01. The highest BCUT2D eigenvalue weighted by Gasteiger charge is 2.09. The van der Waals surface area contributed by atoms with Crippen molar-refractivity contribution >= 4 is 5.71 Å². The molecule has 0 radical (unpaired) electrons. The van der Waals surface area contributed by atoms with E-state index < -0.39 is 0 Å². The van der Waals surface area contributed by atoms with Crippen LogP contribution in [0.4, 0.5) is 0 Å². The fourth-order valence-corrected chi connectivity index (χ4v) is 1.21. The van der Waals surface area contributed by atoms with Crippen LogP contribution >= 0.6 is 0 Å². The van der Waals surface area contributed by atoms with E-state index in [9.17, 15) is 0 Å². The van der Waals surface area contributed by atoms with Gasteiger partial charge in [-0.2, -0.15) is 0 Å². The lowest BCUT2D eigenvalue weighted by Gasteiger charge is -2.12. The van der Waals surface area contributed by atoms with Gasteiger partial charge in [-0.15, -0.1) is 0 Å². The summed E-state index contributed by atoms with van der Waals surface area (Å²) < 4.78 is 0. The molecular formula is C10H15N. The van der Waals surface area contributed by atoms with Crippen LogP contribution in [0.1, 0.15) is 20.3 Å². The second-order valence-electron chi connectivity index (χ2n) is 3.36. The summed E-state index contributed by atoms with van der Waals surface area (Å²) >= 11 is 0. The van der Waals surface area contributed by atoms with Gasteiger partial charge in [0.15, 0.2) is 0 Å². The zero-order valence-corrected chi connectivity index (χ0v) is 7.17. The summed E-state index contributed by atoms with van der Waals surface area (Å²) in [6.07, 6.45) is 9.09. The third kappa shape index (κ3) is 2.34. The fraction of sp³-hybridized carbons (Fsp3) is 0.500. The van der Waals surface area contributed by atoms with Gasteiger partial charge in [0.2, 0.25) is 0 Å². The number of rotatable bonds is 1. The summed E-state index contributed by atoms with van der Waals surface area (Å²) in [6.45, 7) is 4.44. The molecule has 1 heteroatoms. The predicted octanol–water partition coefficient (Wildman–Crippen LogP) is 2.79. The smallest absolute Gasteiger partial charge is 0.0533 e. The van der Waals surface area contributed by atoms with Crippen LogP contribution in [0.3, 0.4) is 0 Å². The standard InChI is InChI=1S/C10H15N/c1-8(2)9-4-3-5-10(11)7-6-9/h3,5-9,11H,4H2,1-2H3. The minimum absolute atomic E-state index is 0.619. The summed E-state index contributed by atoms with van der Waals surface area (Å²) in [4.78, 5) is 0. The molecule has 0 fully saturated rings. The summed E-state index contributed by atoms with van der Waals surface area (Å²) in [6, 6.07) is 0. The van der Waals surface area contributed by atoms with E-state index in [4.69, 9.17) is 5.41 Å². The van der Waals surface area contributed by atoms with Crippen LogP contribution in [0.5, 0.6) is 0 Å². The van der Waals surface area contributed by atoms with Crippen molar-refractivity contribution in [2.24, 2.45) is 11.8 Å². The van der Waals surface area contributed by atoms with Crippen molar-refractivity contribution in [3.63, 3.8) is 0 Å². The second kappa shape index (κ2) is 3.51. The minimum Gasteiger partial charge on any atom is -0.301 e. The summed E-state index contributed by atoms with van der Waals surface area (Å²) in [5.41, 5.74) is 0.619. The van der Waals surface area contributed by atoms with E-state index in [1.165, 1.54) is 0 Å². The van der Waals surface area contributed by atoms with Crippen LogP contribution < -0.4 is 0 Å². The van der Waals surface area contributed by atoms with E-state index in [1.54, 1.807) is 0 Å². The van der Waals surface area contributed by atoms with Crippen LogP contribution in [-0.2, 0) is 0 Å². The molecule has 0 aromatic heterocycles. The Kier molecular flexibility index (Phi) is 2.64. The van der Waals surface area contributed by atoms with Crippen molar-refractivity contribution < 1.29 is 0 Å². The molecule has 1 nitrogen and oxygen atoms in total. The fourth-order valence-electron chi connectivity index (χ4n) is 1.21. The van der Waals surface area contributed by atoms with Gasteiger partial charge in [0.05, 0.1) is 5.71 Å². The zero-order valence-electron chi connectivity index (χ0n) is 7.17. The van der Waals surface area contributed by atoms with Gasteiger partial charge in [0.25, 0.3) is 0 Å². The third-order valence-electron chi connectivity index (χ3n) is 2.08. The minimum atomic E-state index is 0.619. The van der Waals surface area contributed by atoms with Gasteiger partial charge in [-0.05, 0) is 30.4 Å². The van der Waals surface area contributed by atoms with Gasteiger partial charge >= 0.3 is 0 Å². The van der Waals surface area contributed by atoms with E-state index in [0.717, 1.165) is 6.42 Å². The third-order valence-corrected chi connectivity index (χ3v) is 2.08. The molecule has 0 spiro atoms. The first-order valence-corrected chi connectivity index (χ1v) is 4.13. The first kappa shape index (κ1) is 8.25. The van der Waals surface area contributed by atoms with Gasteiger partial charge in [-0.25, -0.2) is 0 Å². The van der Waals surface area contributed by atoms with E-state index in [1.807, 2.05) is 12.2 Å². The second-order valence-corrected chi connectivity index (χ2v) is 3.36. The average Bonchev–Trinajstić information content (AvgIpc) is 2.13. The molecule has 1 atom stereocenters. The van der Waals surface area contributed by atoms with Crippen LogP contribution in [0.2, 0.25) is 0 Å². The first-order valence-electron chi connectivity index (χ1n) is 4.13. The molecule has 0 saturated heterocycles. The number of hydrogen-bond donors (Lipinski definition) is 1. The van der Waals surface area contributed by atoms with Crippen LogP contribution in [0.15, 0.2) is 24.3 Å². The van der Waals surface area contributed by atoms with Crippen LogP contribution in [0, 0.1) is 17.2 Å². The number of nitrogens with one attached hydrogen (secondary N) is 1. The lowest BCUT2D eigenvalue weighted by Crippen LogP contribution is -2.03. The molecule has 0 aromatic rings. The van der Waals surface area contributed by atoms with Crippen molar-refractivity contribution in [2.75, 3.05) is 0 Å². The monoisotopic (exact) mass is 149 g/mol. The predicted molar refractivity (Wildman–Crippen MR) is 49.0 cm³/mol. The largest absolute Gasteiger partial charge is 0.301 e. The Hall–Kier alpha value is -0.850. The molecule has 1 aliphatic carbocycles. The molecule has 1 N–H and O–H groups in total. The number of hydrogen-bond acceptors (Lipinski definition) is 1. The molecule has 0 saturated carbocycles. The van der Waals surface area contributed by atoms with Crippen molar-refractivity contribution in [1.29, 1.82) is 5.41 Å².